The number of halogens is 2. The number of likely N-dealkylation sites (N-methyl/N-ethyl adjacent to an activating group) is 1. The van der Waals surface area contributed by atoms with Crippen LogP contribution in [0.1, 0.15) is 15.9 Å². The maximum atomic E-state index is 12.2. The van der Waals surface area contributed by atoms with Crippen molar-refractivity contribution in [3.05, 3.63) is 29.3 Å². The van der Waals surface area contributed by atoms with Gasteiger partial charge in [-0.15, -0.1) is 0 Å². The molecule has 0 spiro atoms. The van der Waals surface area contributed by atoms with Crippen LogP contribution in [-0.2, 0) is 6.42 Å². The Morgan fingerprint density at radius 3 is 2.87 bits per heavy atom. The van der Waals surface area contributed by atoms with Gasteiger partial charge in [-0.1, -0.05) is 0 Å². The molecule has 0 saturated carbocycles. The van der Waals surface area contributed by atoms with Crippen molar-refractivity contribution < 1.29 is 13.6 Å². The van der Waals surface area contributed by atoms with E-state index in [0.717, 1.165) is 24.2 Å². The number of benzene rings is 1. The van der Waals surface area contributed by atoms with E-state index in [9.17, 15) is 13.6 Å². The Kier molecular flexibility index (Phi) is 2.42. The van der Waals surface area contributed by atoms with Crippen LogP contribution in [-0.4, -0.2) is 25.8 Å². The zero-order valence-electron chi connectivity index (χ0n) is 8.34. The van der Waals surface area contributed by atoms with E-state index < -0.39 is 12.2 Å². The largest absolute Gasteiger partial charge is 0.374 e. The summed E-state index contributed by atoms with van der Waals surface area (Å²) in [7, 11) is 1.94. The van der Waals surface area contributed by atoms with Crippen molar-refractivity contribution in [2.75, 3.05) is 18.5 Å². The number of Topliss-reactive ketones (excluding diaryl/α,β-unsaturated/α-hetero) is 1. The maximum Gasteiger partial charge on any atom is 0.300 e. The van der Waals surface area contributed by atoms with Crippen molar-refractivity contribution in [2.45, 2.75) is 12.8 Å². The SMILES string of the molecule is CN1CCc2cc(C(=O)C(F)F)ccc21. The molecule has 0 atom stereocenters. The first-order valence-electron chi connectivity index (χ1n) is 4.76. The predicted molar refractivity (Wildman–Crippen MR) is 53.8 cm³/mol. The van der Waals surface area contributed by atoms with Crippen molar-refractivity contribution in [2.24, 2.45) is 0 Å². The van der Waals surface area contributed by atoms with Gasteiger partial charge >= 0.3 is 6.43 Å². The minimum Gasteiger partial charge on any atom is -0.374 e. The third kappa shape index (κ3) is 1.71. The van der Waals surface area contributed by atoms with Gasteiger partial charge in [-0.2, -0.15) is 0 Å². The molecule has 0 saturated heterocycles. The number of hydrogen-bond donors (Lipinski definition) is 0. The van der Waals surface area contributed by atoms with Crippen molar-refractivity contribution >= 4 is 11.5 Å². The lowest BCUT2D eigenvalue weighted by atomic mass is 10.1. The Balaban J connectivity index is 2.35. The summed E-state index contributed by atoms with van der Waals surface area (Å²) in [5.41, 5.74) is 2.11. The van der Waals surface area contributed by atoms with Crippen molar-refractivity contribution in [1.82, 2.24) is 0 Å². The molecule has 2 rings (SSSR count). The fourth-order valence-corrected chi connectivity index (χ4v) is 1.85. The lowest BCUT2D eigenvalue weighted by Gasteiger charge is -2.11. The molecule has 0 aromatic heterocycles. The standard InChI is InChI=1S/C11H11F2NO/c1-14-5-4-7-6-8(2-3-9(7)14)10(15)11(12)13/h2-3,6,11H,4-5H2,1H3. The highest BCUT2D eigenvalue weighted by Gasteiger charge is 2.21. The summed E-state index contributed by atoms with van der Waals surface area (Å²) in [6, 6.07) is 4.78. The lowest BCUT2D eigenvalue weighted by molar-refractivity contribution is 0.0678. The fraction of sp³-hybridized carbons (Fsp3) is 0.364. The molecule has 0 amide bonds. The van der Waals surface area contributed by atoms with E-state index in [1.165, 1.54) is 6.07 Å². The van der Waals surface area contributed by atoms with Crippen molar-refractivity contribution in [3.8, 4) is 0 Å². The minimum absolute atomic E-state index is 0.110. The molecule has 4 heteroatoms. The molecular formula is C11H11F2NO. The monoisotopic (exact) mass is 211 g/mol. The van der Waals surface area contributed by atoms with Gasteiger partial charge in [-0.25, -0.2) is 8.78 Å². The Hall–Kier alpha value is -1.45. The molecule has 1 aliphatic heterocycles. The van der Waals surface area contributed by atoms with E-state index in [4.69, 9.17) is 0 Å². The van der Waals surface area contributed by atoms with Crippen LogP contribution in [0.25, 0.3) is 0 Å². The first-order chi connectivity index (χ1) is 7.09. The van der Waals surface area contributed by atoms with Crippen LogP contribution in [0.4, 0.5) is 14.5 Å². The first kappa shape index (κ1) is 10.1. The maximum absolute atomic E-state index is 12.2. The van der Waals surface area contributed by atoms with Crippen molar-refractivity contribution in [1.29, 1.82) is 0 Å². The van der Waals surface area contributed by atoms with Crippen LogP contribution in [0.2, 0.25) is 0 Å². The van der Waals surface area contributed by atoms with Gasteiger partial charge in [0.25, 0.3) is 0 Å². The van der Waals surface area contributed by atoms with Gasteiger partial charge < -0.3 is 4.90 Å². The highest BCUT2D eigenvalue weighted by molar-refractivity contribution is 5.99. The highest BCUT2D eigenvalue weighted by Crippen LogP contribution is 2.27. The average Bonchev–Trinajstić information content (AvgIpc) is 2.59. The van der Waals surface area contributed by atoms with E-state index in [1.807, 2.05) is 11.9 Å². The summed E-state index contributed by atoms with van der Waals surface area (Å²) in [6.07, 6.45) is -2.10. The Morgan fingerprint density at radius 1 is 1.47 bits per heavy atom. The molecule has 80 valence electrons. The lowest BCUT2D eigenvalue weighted by Crippen LogP contribution is -2.13. The second-order valence-corrected chi connectivity index (χ2v) is 3.68. The van der Waals surface area contributed by atoms with Gasteiger partial charge in [-0.3, -0.25) is 4.79 Å². The molecular weight excluding hydrogens is 200 g/mol. The first-order valence-corrected chi connectivity index (χ1v) is 4.76. The van der Waals surface area contributed by atoms with Crippen LogP contribution in [0.5, 0.6) is 0 Å². The summed E-state index contributed by atoms with van der Waals surface area (Å²) < 4.78 is 24.4. The molecule has 0 bridgehead atoms. The number of nitrogens with zero attached hydrogens (tertiary/aromatic N) is 1. The van der Waals surface area contributed by atoms with Crippen molar-refractivity contribution in [3.63, 3.8) is 0 Å². The average molecular weight is 211 g/mol. The zero-order chi connectivity index (χ0) is 11.0. The number of alkyl halides is 2. The summed E-state index contributed by atoms with van der Waals surface area (Å²) in [6.45, 7) is 0.877. The third-order valence-corrected chi connectivity index (χ3v) is 2.69. The summed E-state index contributed by atoms with van der Waals surface area (Å²) >= 11 is 0. The molecule has 0 unspecified atom stereocenters. The third-order valence-electron chi connectivity index (χ3n) is 2.69. The van der Waals surface area contributed by atoms with E-state index in [0.29, 0.717) is 0 Å². The summed E-state index contributed by atoms with van der Waals surface area (Å²) in [5, 5.41) is 0. The number of ketones is 1. The normalized spacial score (nSPS) is 14.5. The number of fused-ring (bicyclic) bond motifs is 1. The Bertz CT molecular complexity index is 404. The summed E-state index contributed by atoms with van der Waals surface area (Å²) in [4.78, 5) is 13.1. The molecule has 0 aliphatic carbocycles. The molecule has 0 radical (unpaired) electrons. The molecule has 1 aliphatic rings. The van der Waals surface area contributed by atoms with E-state index >= 15 is 0 Å². The van der Waals surface area contributed by atoms with Crippen LogP contribution in [0, 0.1) is 0 Å². The van der Waals surface area contributed by atoms with Gasteiger partial charge in [0.15, 0.2) is 0 Å². The van der Waals surface area contributed by atoms with E-state index in [2.05, 4.69) is 0 Å². The van der Waals surface area contributed by atoms with Crippen LogP contribution < -0.4 is 4.90 Å². The number of anilines is 1. The quantitative estimate of drug-likeness (QED) is 0.698. The molecule has 2 nitrogen and oxygen atoms in total. The highest BCUT2D eigenvalue weighted by atomic mass is 19.3. The Morgan fingerprint density at radius 2 is 2.20 bits per heavy atom. The second kappa shape index (κ2) is 3.61. The van der Waals surface area contributed by atoms with Gasteiger partial charge in [0.1, 0.15) is 0 Å². The number of carbonyl (C=O) groups excluding carboxylic acids is 1. The molecule has 0 N–H and O–H groups in total. The zero-order valence-corrected chi connectivity index (χ0v) is 8.34. The van der Waals surface area contributed by atoms with Crippen LogP contribution in [0.15, 0.2) is 18.2 Å². The van der Waals surface area contributed by atoms with Gasteiger partial charge in [0, 0.05) is 24.8 Å². The smallest absolute Gasteiger partial charge is 0.300 e. The number of hydrogen-bond acceptors (Lipinski definition) is 2. The second-order valence-electron chi connectivity index (χ2n) is 3.68. The van der Waals surface area contributed by atoms with Crippen LogP contribution >= 0.6 is 0 Å². The van der Waals surface area contributed by atoms with Gasteiger partial charge in [0.05, 0.1) is 0 Å². The molecule has 1 aromatic rings. The molecule has 15 heavy (non-hydrogen) atoms. The fourth-order valence-electron chi connectivity index (χ4n) is 1.85. The van der Waals surface area contributed by atoms with Gasteiger partial charge in [0.2, 0.25) is 5.78 Å². The summed E-state index contributed by atoms with van der Waals surface area (Å²) in [5.74, 6) is -1.09. The number of rotatable bonds is 2. The topological polar surface area (TPSA) is 20.3 Å². The van der Waals surface area contributed by atoms with Crippen LogP contribution in [0.3, 0.4) is 0 Å². The minimum atomic E-state index is -2.91. The predicted octanol–water partition coefficient (Wildman–Crippen LogP) is 2.13. The van der Waals surface area contributed by atoms with Gasteiger partial charge in [-0.05, 0) is 30.2 Å². The molecule has 1 aromatic carbocycles. The van der Waals surface area contributed by atoms with E-state index in [1.54, 1.807) is 12.1 Å². The number of carbonyl (C=O) groups is 1. The molecule has 1 heterocycles. The Labute approximate surface area is 86.5 Å². The molecule has 0 fully saturated rings. The van der Waals surface area contributed by atoms with E-state index in [-0.39, 0.29) is 5.56 Å².